The van der Waals surface area contributed by atoms with Gasteiger partial charge in [0, 0.05) is 26.1 Å². The molecule has 0 saturated heterocycles. The first kappa shape index (κ1) is 14.5. The molecule has 0 saturated carbocycles. The molecule has 0 bridgehead atoms. The van der Waals surface area contributed by atoms with Crippen LogP contribution < -0.4 is 0 Å². The summed E-state index contributed by atoms with van der Waals surface area (Å²) in [6.07, 6.45) is 1.06. The van der Waals surface area contributed by atoms with Gasteiger partial charge >= 0.3 is 0 Å². The van der Waals surface area contributed by atoms with E-state index in [1.807, 2.05) is 24.3 Å². The van der Waals surface area contributed by atoms with Crippen molar-refractivity contribution in [2.24, 2.45) is 0 Å². The van der Waals surface area contributed by atoms with Crippen LogP contribution in [0.3, 0.4) is 0 Å². The van der Waals surface area contributed by atoms with Crippen LogP contribution in [0.4, 0.5) is 0 Å². The Bertz CT molecular complexity index is 582. The van der Waals surface area contributed by atoms with Gasteiger partial charge in [-0.1, -0.05) is 18.2 Å². The SMILES string of the molecule is COCC(O)CN(C)C(=O)Cn1ncc2ccccc21. The number of ether oxygens (including phenoxy) is 1. The van der Waals surface area contributed by atoms with E-state index in [-0.39, 0.29) is 25.6 Å². The summed E-state index contributed by atoms with van der Waals surface area (Å²) in [5, 5.41) is 14.8. The Labute approximate surface area is 117 Å². The van der Waals surface area contributed by atoms with Gasteiger partial charge < -0.3 is 14.7 Å². The number of aromatic nitrogens is 2. The number of hydrogen-bond acceptors (Lipinski definition) is 4. The molecule has 1 aromatic heterocycles. The third-order valence-corrected chi connectivity index (χ3v) is 3.11. The third-order valence-electron chi connectivity index (χ3n) is 3.11. The normalized spacial score (nSPS) is 12.6. The summed E-state index contributed by atoms with van der Waals surface area (Å²) in [6, 6.07) is 7.73. The third kappa shape index (κ3) is 3.34. The van der Waals surface area contributed by atoms with Gasteiger partial charge in [-0.05, 0) is 6.07 Å². The lowest BCUT2D eigenvalue weighted by atomic mass is 10.2. The van der Waals surface area contributed by atoms with Crippen molar-refractivity contribution in [3.8, 4) is 0 Å². The smallest absolute Gasteiger partial charge is 0.244 e. The first-order valence-corrected chi connectivity index (χ1v) is 6.43. The minimum absolute atomic E-state index is 0.103. The number of benzene rings is 1. The van der Waals surface area contributed by atoms with E-state index in [0.717, 1.165) is 10.9 Å². The van der Waals surface area contributed by atoms with Crippen molar-refractivity contribution >= 4 is 16.8 Å². The number of fused-ring (bicyclic) bond motifs is 1. The Kier molecular flexibility index (Phi) is 4.70. The number of aliphatic hydroxyl groups excluding tert-OH is 1. The van der Waals surface area contributed by atoms with Crippen LogP contribution in [-0.2, 0) is 16.1 Å². The van der Waals surface area contributed by atoms with Gasteiger partial charge in [-0.2, -0.15) is 5.10 Å². The molecule has 0 spiro atoms. The van der Waals surface area contributed by atoms with Gasteiger partial charge in [0.15, 0.2) is 0 Å². The lowest BCUT2D eigenvalue weighted by Crippen LogP contribution is -2.38. The summed E-state index contributed by atoms with van der Waals surface area (Å²) in [4.78, 5) is 13.6. The highest BCUT2D eigenvalue weighted by Gasteiger charge is 2.15. The van der Waals surface area contributed by atoms with Gasteiger partial charge in [-0.25, -0.2) is 0 Å². The Hall–Kier alpha value is -1.92. The van der Waals surface area contributed by atoms with Gasteiger partial charge in [0.1, 0.15) is 6.54 Å². The van der Waals surface area contributed by atoms with Crippen molar-refractivity contribution in [3.05, 3.63) is 30.5 Å². The molecule has 20 heavy (non-hydrogen) atoms. The van der Waals surface area contributed by atoms with Crippen LogP contribution >= 0.6 is 0 Å². The molecule has 0 fully saturated rings. The maximum absolute atomic E-state index is 12.1. The average Bonchev–Trinajstić information content (AvgIpc) is 2.82. The maximum Gasteiger partial charge on any atom is 0.244 e. The molecule has 1 amide bonds. The summed E-state index contributed by atoms with van der Waals surface area (Å²) < 4.78 is 6.51. The van der Waals surface area contributed by atoms with Gasteiger partial charge in [-0.3, -0.25) is 9.48 Å². The van der Waals surface area contributed by atoms with E-state index in [1.54, 1.807) is 17.9 Å². The zero-order chi connectivity index (χ0) is 14.5. The van der Waals surface area contributed by atoms with E-state index in [4.69, 9.17) is 4.74 Å². The molecule has 1 atom stereocenters. The number of likely N-dealkylation sites (N-methyl/N-ethyl adjacent to an activating group) is 1. The first-order valence-electron chi connectivity index (χ1n) is 6.43. The number of methoxy groups -OCH3 is 1. The van der Waals surface area contributed by atoms with Crippen molar-refractivity contribution in [3.63, 3.8) is 0 Å². The summed E-state index contributed by atoms with van der Waals surface area (Å²) in [6.45, 7) is 0.609. The number of rotatable bonds is 6. The van der Waals surface area contributed by atoms with Crippen LogP contribution in [0.15, 0.2) is 30.5 Å². The quantitative estimate of drug-likeness (QED) is 0.835. The Morgan fingerprint density at radius 2 is 2.25 bits per heavy atom. The van der Waals surface area contributed by atoms with Crippen LogP contribution in [0.1, 0.15) is 0 Å². The summed E-state index contributed by atoms with van der Waals surface area (Å²) >= 11 is 0. The predicted octanol–water partition coefficient (Wildman–Crippen LogP) is 0.502. The van der Waals surface area contributed by atoms with Crippen LogP contribution in [0, 0.1) is 0 Å². The van der Waals surface area contributed by atoms with Crippen LogP contribution in [-0.4, -0.2) is 59.1 Å². The number of amides is 1. The zero-order valence-corrected chi connectivity index (χ0v) is 11.7. The monoisotopic (exact) mass is 277 g/mol. The van der Waals surface area contributed by atoms with Crippen molar-refractivity contribution in [2.75, 3.05) is 27.3 Å². The molecule has 1 N–H and O–H groups in total. The maximum atomic E-state index is 12.1. The first-order chi connectivity index (χ1) is 9.61. The van der Waals surface area contributed by atoms with E-state index in [2.05, 4.69) is 5.10 Å². The Balaban J connectivity index is 2.00. The standard InChI is InChI=1S/C14H19N3O3/c1-16(8-12(18)10-20-2)14(19)9-17-13-6-4-3-5-11(13)7-15-17/h3-7,12,18H,8-10H2,1-2H3. The highest BCUT2D eigenvalue weighted by atomic mass is 16.5. The average molecular weight is 277 g/mol. The molecule has 1 unspecified atom stereocenters. The number of carbonyl (C=O) groups is 1. The van der Waals surface area contributed by atoms with Crippen LogP contribution in [0.25, 0.3) is 10.9 Å². The number of hydrogen-bond donors (Lipinski definition) is 1. The van der Waals surface area contributed by atoms with Gasteiger partial charge in [0.2, 0.25) is 5.91 Å². The second-order valence-electron chi connectivity index (χ2n) is 4.74. The second kappa shape index (κ2) is 6.49. The predicted molar refractivity (Wildman–Crippen MR) is 75.3 cm³/mol. The lowest BCUT2D eigenvalue weighted by molar-refractivity contribution is -0.132. The molecule has 1 heterocycles. The van der Waals surface area contributed by atoms with Crippen molar-refractivity contribution in [1.29, 1.82) is 0 Å². The molecule has 2 rings (SSSR count). The molecule has 0 radical (unpaired) electrons. The number of aliphatic hydroxyl groups is 1. The fourth-order valence-electron chi connectivity index (χ4n) is 2.06. The van der Waals surface area contributed by atoms with E-state index >= 15 is 0 Å². The van der Waals surface area contributed by atoms with E-state index < -0.39 is 6.10 Å². The lowest BCUT2D eigenvalue weighted by Gasteiger charge is -2.20. The molecule has 2 aromatic rings. The van der Waals surface area contributed by atoms with E-state index in [0.29, 0.717) is 0 Å². The Morgan fingerprint density at radius 3 is 3.00 bits per heavy atom. The van der Waals surface area contributed by atoms with Crippen molar-refractivity contribution < 1.29 is 14.6 Å². The molecule has 6 nitrogen and oxygen atoms in total. The topological polar surface area (TPSA) is 67.6 Å². The van der Waals surface area contributed by atoms with Crippen molar-refractivity contribution in [1.82, 2.24) is 14.7 Å². The van der Waals surface area contributed by atoms with Crippen LogP contribution in [0.5, 0.6) is 0 Å². The highest BCUT2D eigenvalue weighted by molar-refractivity contribution is 5.81. The molecule has 0 aliphatic heterocycles. The fourth-order valence-corrected chi connectivity index (χ4v) is 2.06. The fraction of sp³-hybridized carbons (Fsp3) is 0.429. The molecule has 6 heteroatoms. The second-order valence-corrected chi connectivity index (χ2v) is 4.74. The molecule has 0 aliphatic rings. The van der Waals surface area contributed by atoms with Crippen LogP contribution in [0.2, 0.25) is 0 Å². The number of para-hydroxylation sites is 1. The van der Waals surface area contributed by atoms with Gasteiger partial charge in [-0.15, -0.1) is 0 Å². The van der Waals surface area contributed by atoms with E-state index in [9.17, 15) is 9.90 Å². The molecule has 1 aromatic carbocycles. The highest BCUT2D eigenvalue weighted by Crippen LogP contribution is 2.12. The molecule has 108 valence electrons. The summed E-state index contributed by atoms with van der Waals surface area (Å²) in [7, 11) is 3.17. The van der Waals surface area contributed by atoms with Gasteiger partial charge in [0.05, 0.1) is 24.4 Å². The van der Waals surface area contributed by atoms with Crippen molar-refractivity contribution in [2.45, 2.75) is 12.6 Å². The molecule has 0 aliphatic carbocycles. The molecular formula is C14H19N3O3. The molecular weight excluding hydrogens is 258 g/mol. The zero-order valence-electron chi connectivity index (χ0n) is 11.7. The minimum Gasteiger partial charge on any atom is -0.389 e. The van der Waals surface area contributed by atoms with Gasteiger partial charge in [0.25, 0.3) is 0 Å². The summed E-state index contributed by atoms with van der Waals surface area (Å²) in [5.74, 6) is -0.103. The number of carbonyl (C=O) groups excluding carboxylic acids is 1. The van der Waals surface area contributed by atoms with E-state index in [1.165, 1.54) is 12.0 Å². The summed E-state index contributed by atoms with van der Waals surface area (Å²) in [5.41, 5.74) is 0.923. The Morgan fingerprint density at radius 1 is 1.50 bits per heavy atom. The minimum atomic E-state index is -0.677. The largest absolute Gasteiger partial charge is 0.389 e. The number of nitrogens with zero attached hydrogens (tertiary/aromatic N) is 3.